The third kappa shape index (κ3) is 8.54. The molecule has 0 N–H and O–H groups in total. The van der Waals surface area contributed by atoms with Crippen LogP contribution in [0.5, 0.6) is 0 Å². The van der Waals surface area contributed by atoms with Gasteiger partial charge in [0.2, 0.25) is 0 Å². The van der Waals surface area contributed by atoms with Gasteiger partial charge in [-0.3, -0.25) is 0 Å². The fourth-order valence-corrected chi connectivity index (χ4v) is 1.38. The quantitative estimate of drug-likeness (QED) is 0.749. The standard InChI is InChI=1S/C8H10.C4H10O3P/c1-7-3-5-8(2)6-4-7;1-3-6-8(5)7-4-2/h3-6H,1-2H3;3-4H2,1-2H3/q;+1. The van der Waals surface area contributed by atoms with Crippen molar-refractivity contribution in [2.45, 2.75) is 27.7 Å². The van der Waals surface area contributed by atoms with E-state index in [1.165, 1.54) is 11.1 Å². The Morgan fingerprint density at radius 2 is 1.25 bits per heavy atom. The van der Waals surface area contributed by atoms with Crippen LogP contribution in [0, 0.1) is 13.8 Å². The SMILES string of the molecule is CCO[P+](=O)OCC.Cc1ccc(C)cc1. The molecule has 1 rings (SSSR count). The Morgan fingerprint density at radius 1 is 0.938 bits per heavy atom. The molecule has 0 fully saturated rings. The molecule has 0 unspecified atom stereocenters. The second-order valence-corrected chi connectivity index (χ2v) is 4.18. The fraction of sp³-hybridized carbons (Fsp3) is 0.500. The van der Waals surface area contributed by atoms with Crippen molar-refractivity contribution in [3.8, 4) is 0 Å². The number of rotatable bonds is 4. The average molecular weight is 243 g/mol. The molecule has 0 atom stereocenters. The van der Waals surface area contributed by atoms with Gasteiger partial charge in [0.1, 0.15) is 13.2 Å². The Balaban J connectivity index is 0.000000281. The summed E-state index contributed by atoms with van der Waals surface area (Å²) in [4.78, 5) is 0. The van der Waals surface area contributed by atoms with E-state index in [9.17, 15) is 4.57 Å². The Morgan fingerprint density at radius 3 is 1.50 bits per heavy atom. The smallest absolute Gasteiger partial charge is 0.119 e. The van der Waals surface area contributed by atoms with Gasteiger partial charge in [0.25, 0.3) is 0 Å². The van der Waals surface area contributed by atoms with E-state index in [0.29, 0.717) is 13.2 Å². The van der Waals surface area contributed by atoms with Crippen LogP contribution in [-0.4, -0.2) is 13.2 Å². The van der Waals surface area contributed by atoms with Gasteiger partial charge < -0.3 is 0 Å². The highest BCUT2D eigenvalue weighted by atomic mass is 31.1. The lowest BCUT2D eigenvalue weighted by atomic mass is 10.2. The molecule has 90 valence electrons. The minimum absolute atomic E-state index is 0.440. The second-order valence-electron chi connectivity index (χ2n) is 3.21. The minimum atomic E-state index is -1.83. The molecule has 0 aliphatic heterocycles. The van der Waals surface area contributed by atoms with E-state index >= 15 is 0 Å². The molecule has 0 bridgehead atoms. The van der Waals surface area contributed by atoms with Crippen LogP contribution in [0.15, 0.2) is 24.3 Å². The number of hydrogen-bond donors (Lipinski definition) is 0. The zero-order valence-corrected chi connectivity index (χ0v) is 11.3. The fourth-order valence-electron chi connectivity index (χ4n) is 0.885. The normalized spacial score (nSPS) is 9.25. The molecule has 0 amide bonds. The summed E-state index contributed by atoms with van der Waals surface area (Å²) >= 11 is 0. The molecule has 0 saturated heterocycles. The third-order valence-electron chi connectivity index (χ3n) is 1.69. The van der Waals surface area contributed by atoms with Gasteiger partial charge in [0.05, 0.1) is 0 Å². The van der Waals surface area contributed by atoms with Gasteiger partial charge in [0, 0.05) is 4.57 Å². The van der Waals surface area contributed by atoms with Gasteiger partial charge in [0.15, 0.2) is 0 Å². The highest BCUT2D eigenvalue weighted by Crippen LogP contribution is 2.21. The summed E-state index contributed by atoms with van der Waals surface area (Å²) in [6.45, 7) is 8.61. The molecule has 16 heavy (non-hydrogen) atoms. The molecule has 1 aromatic rings. The molecule has 0 aliphatic rings. The van der Waals surface area contributed by atoms with Gasteiger partial charge in [-0.2, -0.15) is 0 Å². The molecular weight excluding hydrogens is 223 g/mol. The maximum Gasteiger partial charge on any atom is 0.697 e. The lowest BCUT2D eigenvalue weighted by Crippen LogP contribution is -1.81. The van der Waals surface area contributed by atoms with Gasteiger partial charge >= 0.3 is 8.25 Å². The van der Waals surface area contributed by atoms with Crippen molar-refractivity contribution in [2.24, 2.45) is 0 Å². The van der Waals surface area contributed by atoms with Gasteiger partial charge in [-0.25, -0.2) is 0 Å². The van der Waals surface area contributed by atoms with Crippen LogP contribution in [0.25, 0.3) is 0 Å². The van der Waals surface area contributed by atoms with Crippen LogP contribution in [-0.2, 0) is 13.6 Å². The molecule has 0 saturated carbocycles. The maximum atomic E-state index is 10.3. The van der Waals surface area contributed by atoms with Crippen molar-refractivity contribution in [1.29, 1.82) is 0 Å². The number of benzene rings is 1. The predicted octanol–water partition coefficient (Wildman–Crippen LogP) is 4.02. The summed E-state index contributed by atoms with van der Waals surface area (Å²) in [5.74, 6) is 0. The van der Waals surface area contributed by atoms with Crippen LogP contribution in [0.4, 0.5) is 0 Å². The third-order valence-corrected chi connectivity index (χ3v) is 2.63. The summed E-state index contributed by atoms with van der Waals surface area (Å²) in [6, 6.07) is 8.48. The van der Waals surface area contributed by atoms with E-state index in [2.05, 4.69) is 47.2 Å². The van der Waals surface area contributed by atoms with Crippen LogP contribution >= 0.6 is 8.25 Å². The molecule has 0 heterocycles. The highest BCUT2D eigenvalue weighted by molar-refractivity contribution is 7.33. The number of hydrogen-bond acceptors (Lipinski definition) is 3. The second kappa shape index (κ2) is 9.46. The zero-order chi connectivity index (χ0) is 12.4. The van der Waals surface area contributed by atoms with Crippen molar-refractivity contribution in [1.82, 2.24) is 0 Å². The summed E-state index contributed by atoms with van der Waals surface area (Å²) in [6.07, 6.45) is 0. The Bertz CT molecular complexity index is 267. The molecular formula is C12H20O3P+. The molecule has 0 aliphatic carbocycles. The molecule has 3 nitrogen and oxygen atoms in total. The monoisotopic (exact) mass is 243 g/mol. The molecule has 4 heteroatoms. The first-order valence-electron chi connectivity index (χ1n) is 5.36. The molecule has 0 aromatic heterocycles. The lowest BCUT2D eigenvalue weighted by molar-refractivity contribution is 0.243. The van der Waals surface area contributed by atoms with Crippen molar-refractivity contribution in [3.05, 3.63) is 35.4 Å². The van der Waals surface area contributed by atoms with E-state index < -0.39 is 8.25 Å². The maximum absolute atomic E-state index is 10.3. The average Bonchev–Trinajstić information content (AvgIpc) is 2.24. The van der Waals surface area contributed by atoms with Gasteiger partial charge in [-0.05, 0) is 27.7 Å². The molecule has 0 radical (unpaired) electrons. The molecule has 1 aromatic carbocycles. The Labute approximate surface area is 98.7 Å². The Hall–Kier alpha value is -0.760. The topological polar surface area (TPSA) is 35.5 Å². The summed E-state index contributed by atoms with van der Waals surface area (Å²) in [5.41, 5.74) is 2.66. The Kier molecular flexibility index (Phi) is 9.02. The van der Waals surface area contributed by atoms with Crippen LogP contribution in [0.2, 0.25) is 0 Å². The van der Waals surface area contributed by atoms with Gasteiger partial charge in [-0.1, -0.05) is 35.4 Å². The van der Waals surface area contributed by atoms with E-state index in [0.717, 1.165) is 0 Å². The highest BCUT2D eigenvalue weighted by Gasteiger charge is 2.15. The zero-order valence-electron chi connectivity index (χ0n) is 10.4. The van der Waals surface area contributed by atoms with Crippen molar-refractivity contribution < 1.29 is 13.6 Å². The van der Waals surface area contributed by atoms with E-state index in [1.807, 2.05) is 0 Å². The summed E-state index contributed by atoms with van der Waals surface area (Å²) in [7, 11) is -1.83. The first kappa shape index (κ1) is 15.2. The first-order chi connectivity index (χ1) is 7.60. The van der Waals surface area contributed by atoms with Crippen LogP contribution in [0.3, 0.4) is 0 Å². The van der Waals surface area contributed by atoms with Gasteiger partial charge in [-0.15, -0.1) is 9.05 Å². The first-order valence-corrected chi connectivity index (χ1v) is 6.46. The van der Waals surface area contributed by atoms with E-state index in [-0.39, 0.29) is 0 Å². The number of aryl methyl sites for hydroxylation is 2. The summed E-state index contributed by atoms with van der Waals surface area (Å²) in [5, 5.41) is 0. The summed E-state index contributed by atoms with van der Waals surface area (Å²) < 4.78 is 19.5. The van der Waals surface area contributed by atoms with Crippen molar-refractivity contribution >= 4 is 8.25 Å². The lowest BCUT2D eigenvalue weighted by Gasteiger charge is -1.90. The van der Waals surface area contributed by atoms with Crippen molar-refractivity contribution in [3.63, 3.8) is 0 Å². The van der Waals surface area contributed by atoms with Crippen LogP contribution < -0.4 is 0 Å². The van der Waals surface area contributed by atoms with Crippen molar-refractivity contribution in [2.75, 3.05) is 13.2 Å². The predicted molar refractivity (Wildman–Crippen MR) is 66.8 cm³/mol. The minimum Gasteiger partial charge on any atom is -0.119 e. The van der Waals surface area contributed by atoms with E-state index in [4.69, 9.17) is 0 Å². The molecule has 0 spiro atoms. The van der Waals surface area contributed by atoms with E-state index in [1.54, 1.807) is 13.8 Å². The largest absolute Gasteiger partial charge is 0.697 e. The van der Waals surface area contributed by atoms with Crippen LogP contribution in [0.1, 0.15) is 25.0 Å².